The summed E-state index contributed by atoms with van der Waals surface area (Å²) in [6.45, 7) is 4.96. The smallest absolute Gasteiger partial charge is 0.335 e. The minimum atomic E-state index is -0.974. The number of carboxylic acids is 1. The molecular formula is C14H20N2O3S. The molecule has 0 saturated heterocycles. The molecule has 110 valence electrons. The molecule has 0 saturated carbocycles. The Morgan fingerprint density at radius 3 is 2.60 bits per heavy atom. The average Bonchev–Trinajstić information content (AvgIpc) is 2.43. The van der Waals surface area contributed by atoms with Crippen molar-refractivity contribution in [1.82, 2.24) is 10.6 Å². The van der Waals surface area contributed by atoms with Gasteiger partial charge in [0.1, 0.15) is 0 Å². The number of hydrogen-bond donors (Lipinski definition) is 3. The van der Waals surface area contributed by atoms with Crippen molar-refractivity contribution in [3.05, 3.63) is 35.4 Å². The summed E-state index contributed by atoms with van der Waals surface area (Å²) < 4.78 is -0.0133. The van der Waals surface area contributed by atoms with E-state index in [1.165, 1.54) is 6.07 Å². The van der Waals surface area contributed by atoms with Gasteiger partial charge in [-0.2, -0.15) is 11.8 Å². The van der Waals surface area contributed by atoms with Gasteiger partial charge in [0.2, 0.25) is 0 Å². The molecule has 20 heavy (non-hydrogen) atoms. The zero-order valence-corrected chi connectivity index (χ0v) is 12.7. The lowest BCUT2D eigenvalue weighted by molar-refractivity contribution is 0.0696. The number of hydrogen-bond acceptors (Lipinski definition) is 3. The molecule has 6 heteroatoms. The predicted octanol–water partition coefficient (Wildman–Crippen LogP) is 2.33. The Labute approximate surface area is 123 Å². The number of carboxylic acid groups (broad SMARTS) is 1. The molecule has 0 bridgehead atoms. The summed E-state index contributed by atoms with van der Waals surface area (Å²) in [7, 11) is 0. The van der Waals surface area contributed by atoms with Crippen LogP contribution in [0.1, 0.15) is 29.8 Å². The highest BCUT2D eigenvalue weighted by Gasteiger charge is 2.16. The lowest BCUT2D eigenvalue weighted by atomic mass is 10.1. The SMILES string of the molecule is CSC(C)(C)CNC(=O)NCc1cccc(C(=O)O)c1. The number of urea groups is 1. The van der Waals surface area contributed by atoms with Crippen LogP contribution < -0.4 is 10.6 Å². The molecular weight excluding hydrogens is 276 g/mol. The third-order valence-electron chi connectivity index (χ3n) is 2.85. The van der Waals surface area contributed by atoms with Gasteiger partial charge in [-0.1, -0.05) is 12.1 Å². The Morgan fingerprint density at radius 2 is 2.00 bits per heavy atom. The van der Waals surface area contributed by atoms with E-state index in [0.717, 1.165) is 5.56 Å². The first-order valence-electron chi connectivity index (χ1n) is 6.23. The predicted molar refractivity (Wildman–Crippen MR) is 81.2 cm³/mol. The van der Waals surface area contributed by atoms with Crippen LogP contribution in [0.2, 0.25) is 0 Å². The van der Waals surface area contributed by atoms with Gasteiger partial charge in [0.05, 0.1) is 5.56 Å². The van der Waals surface area contributed by atoms with E-state index in [2.05, 4.69) is 10.6 Å². The Balaban J connectivity index is 2.45. The van der Waals surface area contributed by atoms with Crippen LogP contribution in [-0.4, -0.2) is 34.7 Å². The molecule has 1 aromatic carbocycles. The van der Waals surface area contributed by atoms with Gasteiger partial charge in [-0.3, -0.25) is 0 Å². The molecule has 0 unspecified atom stereocenters. The third-order valence-corrected chi connectivity index (χ3v) is 4.10. The molecule has 0 spiro atoms. The third kappa shape index (κ3) is 5.52. The fourth-order valence-electron chi connectivity index (χ4n) is 1.42. The second-order valence-corrected chi connectivity index (χ2v) is 6.52. The molecule has 0 aliphatic rings. The van der Waals surface area contributed by atoms with E-state index in [-0.39, 0.29) is 16.3 Å². The number of carbonyl (C=O) groups is 2. The summed E-state index contributed by atoms with van der Waals surface area (Å²) in [5, 5.41) is 14.4. The molecule has 1 aromatic rings. The molecule has 1 rings (SSSR count). The van der Waals surface area contributed by atoms with Crippen molar-refractivity contribution in [3.63, 3.8) is 0 Å². The van der Waals surface area contributed by atoms with Crippen LogP contribution in [0.3, 0.4) is 0 Å². The van der Waals surface area contributed by atoms with Gasteiger partial charge < -0.3 is 15.7 Å². The number of nitrogens with one attached hydrogen (secondary N) is 2. The standard InChI is InChI=1S/C14H20N2O3S/c1-14(2,20-3)9-16-13(19)15-8-10-5-4-6-11(7-10)12(17)18/h4-7H,8-9H2,1-3H3,(H,17,18)(H2,15,16,19). The molecule has 0 heterocycles. The van der Waals surface area contributed by atoms with Gasteiger partial charge in [0.25, 0.3) is 0 Å². The highest BCUT2D eigenvalue weighted by atomic mass is 32.2. The molecule has 2 amide bonds. The van der Waals surface area contributed by atoms with Gasteiger partial charge in [-0.05, 0) is 37.8 Å². The largest absolute Gasteiger partial charge is 0.478 e. The lowest BCUT2D eigenvalue weighted by Crippen LogP contribution is -2.41. The number of amides is 2. The summed E-state index contributed by atoms with van der Waals surface area (Å²) in [5.74, 6) is -0.974. The fourth-order valence-corrected chi connectivity index (χ4v) is 1.64. The van der Waals surface area contributed by atoms with Gasteiger partial charge in [0.15, 0.2) is 0 Å². The Morgan fingerprint density at radius 1 is 1.30 bits per heavy atom. The van der Waals surface area contributed by atoms with Crippen molar-refractivity contribution in [2.75, 3.05) is 12.8 Å². The van der Waals surface area contributed by atoms with Gasteiger partial charge in [-0.15, -0.1) is 0 Å². The quantitative estimate of drug-likeness (QED) is 0.753. The maximum atomic E-state index is 11.6. The van der Waals surface area contributed by atoms with Crippen LogP contribution >= 0.6 is 11.8 Å². The highest BCUT2D eigenvalue weighted by molar-refractivity contribution is 7.99. The van der Waals surface area contributed by atoms with Gasteiger partial charge >= 0.3 is 12.0 Å². The second kappa shape index (κ2) is 7.19. The van der Waals surface area contributed by atoms with Crippen LogP contribution in [0.4, 0.5) is 4.79 Å². The molecule has 0 aromatic heterocycles. The minimum absolute atomic E-state index is 0.0133. The topological polar surface area (TPSA) is 78.4 Å². The Hall–Kier alpha value is -1.69. The van der Waals surface area contributed by atoms with Crippen molar-refractivity contribution in [2.45, 2.75) is 25.1 Å². The van der Waals surface area contributed by atoms with Gasteiger partial charge in [0, 0.05) is 17.8 Å². The van der Waals surface area contributed by atoms with Crippen LogP contribution in [0.5, 0.6) is 0 Å². The van der Waals surface area contributed by atoms with Crippen molar-refractivity contribution < 1.29 is 14.7 Å². The summed E-state index contributed by atoms with van der Waals surface area (Å²) in [6.07, 6.45) is 2.00. The number of rotatable bonds is 6. The first kappa shape index (κ1) is 16.4. The first-order chi connectivity index (χ1) is 9.34. The minimum Gasteiger partial charge on any atom is -0.478 e. The summed E-state index contributed by atoms with van der Waals surface area (Å²) in [6, 6.07) is 6.25. The first-order valence-corrected chi connectivity index (χ1v) is 7.45. The van der Waals surface area contributed by atoms with Crippen LogP contribution in [0.25, 0.3) is 0 Å². The highest BCUT2D eigenvalue weighted by Crippen LogP contribution is 2.19. The summed E-state index contributed by atoms with van der Waals surface area (Å²) >= 11 is 1.68. The summed E-state index contributed by atoms with van der Waals surface area (Å²) in [5.41, 5.74) is 0.970. The fraction of sp³-hybridized carbons (Fsp3) is 0.429. The lowest BCUT2D eigenvalue weighted by Gasteiger charge is -2.22. The summed E-state index contributed by atoms with van der Waals surface area (Å²) in [4.78, 5) is 22.5. The van der Waals surface area contributed by atoms with Crippen LogP contribution in [0, 0.1) is 0 Å². The Bertz CT molecular complexity index is 489. The zero-order valence-electron chi connectivity index (χ0n) is 11.9. The van der Waals surface area contributed by atoms with Crippen LogP contribution in [0.15, 0.2) is 24.3 Å². The van der Waals surface area contributed by atoms with E-state index in [1.54, 1.807) is 30.0 Å². The number of carbonyl (C=O) groups excluding carboxylic acids is 1. The molecule has 3 N–H and O–H groups in total. The van der Waals surface area contributed by atoms with E-state index in [9.17, 15) is 9.59 Å². The molecule has 5 nitrogen and oxygen atoms in total. The van der Waals surface area contributed by atoms with E-state index in [1.807, 2.05) is 20.1 Å². The zero-order chi connectivity index (χ0) is 15.2. The van der Waals surface area contributed by atoms with E-state index < -0.39 is 5.97 Å². The number of aromatic carboxylic acids is 1. The maximum Gasteiger partial charge on any atom is 0.335 e. The Kier molecular flexibility index (Phi) is 5.88. The normalized spacial score (nSPS) is 10.9. The van der Waals surface area contributed by atoms with E-state index >= 15 is 0 Å². The molecule has 0 atom stereocenters. The number of benzene rings is 1. The molecule has 0 aliphatic heterocycles. The second-order valence-electron chi connectivity index (χ2n) is 5.01. The average molecular weight is 296 g/mol. The van der Waals surface area contributed by atoms with Crippen LogP contribution in [-0.2, 0) is 6.54 Å². The maximum absolute atomic E-state index is 11.6. The van der Waals surface area contributed by atoms with Crippen molar-refractivity contribution >= 4 is 23.8 Å². The monoisotopic (exact) mass is 296 g/mol. The molecule has 0 aliphatic carbocycles. The van der Waals surface area contributed by atoms with E-state index in [4.69, 9.17) is 5.11 Å². The van der Waals surface area contributed by atoms with E-state index in [0.29, 0.717) is 13.1 Å². The molecule has 0 fully saturated rings. The number of thioether (sulfide) groups is 1. The molecule has 0 radical (unpaired) electrons. The van der Waals surface area contributed by atoms with Gasteiger partial charge in [-0.25, -0.2) is 9.59 Å². The van der Waals surface area contributed by atoms with Crippen molar-refractivity contribution in [3.8, 4) is 0 Å². The van der Waals surface area contributed by atoms with Crippen molar-refractivity contribution in [2.24, 2.45) is 0 Å². The van der Waals surface area contributed by atoms with Crippen molar-refractivity contribution in [1.29, 1.82) is 0 Å².